The Labute approximate surface area is 126 Å². The van der Waals surface area contributed by atoms with Crippen molar-refractivity contribution in [3.63, 3.8) is 0 Å². The zero-order chi connectivity index (χ0) is 15.4. The molecule has 0 aliphatic heterocycles. The minimum absolute atomic E-state index is 0.0408. The molecule has 6 heteroatoms. The lowest BCUT2D eigenvalue weighted by molar-refractivity contribution is -0.136. The highest BCUT2D eigenvalue weighted by molar-refractivity contribution is 7.14. The van der Waals surface area contributed by atoms with Gasteiger partial charge in [-0.1, -0.05) is 24.3 Å². The minimum atomic E-state index is -0.921. The van der Waals surface area contributed by atoms with Crippen LogP contribution in [0.5, 0.6) is 0 Å². The molecule has 110 valence electrons. The van der Waals surface area contributed by atoms with Crippen molar-refractivity contribution < 1.29 is 19.4 Å². The number of carboxylic acids is 1. The van der Waals surface area contributed by atoms with Crippen LogP contribution in [0.2, 0.25) is 0 Å². The van der Waals surface area contributed by atoms with Gasteiger partial charge in [-0.2, -0.15) is 0 Å². The van der Waals surface area contributed by atoms with Gasteiger partial charge in [-0.25, -0.2) is 4.79 Å². The van der Waals surface area contributed by atoms with E-state index in [-0.39, 0.29) is 13.0 Å². The SMILES string of the molecule is Cc1sc(C(=O)OCc2ccccc2CC(=O)O)cc1N. The summed E-state index contributed by atoms with van der Waals surface area (Å²) >= 11 is 1.28. The molecule has 0 unspecified atom stereocenters. The Kier molecular flexibility index (Phi) is 4.59. The fraction of sp³-hybridized carbons (Fsp3) is 0.200. The van der Waals surface area contributed by atoms with E-state index in [4.69, 9.17) is 15.6 Å². The maximum atomic E-state index is 11.9. The average Bonchev–Trinajstić information content (AvgIpc) is 2.77. The molecule has 2 aromatic rings. The summed E-state index contributed by atoms with van der Waals surface area (Å²) in [4.78, 5) is 24.0. The summed E-state index contributed by atoms with van der Waals surface area (Å²) in [6.07, 6.45) is -0.0984. The summed E-state index contributed by atoms with van der Waals surface area (Å²) in [5.74, 6) is -1.37. The Morgan fingerprint density at radius 3 is 2.52 bits per heavy atom. The molecule has 0 saturated carbocycles. The predicted molar refractivity (Wildman–Crippen MR) is 80.4 cm³/mol. The summed E-state index contributed by atoms with van der Waals surface area (Å²) in [6.45, 7) is 1.87. The topological polar surface area (TPSA) is 89.6 Å². The van der Waals surface area contributed by atoms with Gasteiger partial charge in [0, 0.05) is 10.6 Å². The molecule has 1 heterocycles. The smallest absolute Gasteiger partial charge is 0.348 e. The lowest BCUT2D eigenvalue weighted by Gasteiger charge is -2.08. The second-order valence-corrected chi connectivity index (χ2v) is 5.79. The first-order valence-electron chi connectivity index (χ1n) is 6.29. The highest BCUT2D eigenvalue weighted by Gasteiger charge is 2.14. The van der Waals surface area contributed by atoms with Gasteiger partial charge in [-0.3, -0.25) is 4.79 Å². The lowest BCUT2D eigenvalue weighted by atomic mass is 10.1. The molecule has 0 amide bonds. The van der Waals surface area contributed by atoms with Crippen LogP contribution in [0.15, 0.2) is 30.3 Å². The molecule has 0 aliphatic rings. The number of aliphatic carboxylic acids is 1. The molecule has 1 aromatic carbocycles. The van der Waals surface area contributed by atoms with E-state index in [9.17, 15) is 9.59 Å². The van der Waals surface area contributed by atoms with E-state index in [0.717, 1.165) is 4.88 Å². The predicted octanol–water partition coefficient (Wildman–Crippen LogP) is 2.62. The number of carbonyl (C=O) groups excluding carboxylic acids is 1. The normalized spacial score (nSPS) is 10.3. The second kappa shape index (κ2) is 6.41. The average molecular weight is 305 g/mol. The molecule has 0 radical (unpaired) electrons. The van der Waals surface area contributed by atoms with Crippen molar-refractivity contribution >= 4 is 29.0 Å². The number of anilines is 1. The summed E-state index contributed by atoms with van der Waals surface area (Å²) in [5.41, 5.74) is 7.60. The Morgan fingerprint density at radius 2 is 1.95 bits per heavy atom. The third kappa shape index (κ3) is 3.82. The number of nitrogen functional groups attached to an aromatic ring is 1. The molecule has 5 nitrogen and oxygen atoms in total. The van der Waals surface area contributed by atoms with Crippen LogP contribution in [-0.4, -0.2) is 17.0 Å². The second-order valence-electron chi connectivity index (χ2n) is 4.54. The van der Waals surface area contributed by atoms with Crippen LogP contribution in [0.25, 0.3) is 0 Å². The van der Waals surface area contributed by atoms with E-state index < -0.39 is 11.9 Å². The number of rotatable bonds is 5. The largest absolute Gasteiger partial charge is 0.481 e. The van der Waals surface area contributed by atoms with Gasteiger partial charge in [0.15, 0.2) is 0 Å². The molecule has 0 saturated heterocycles. The maximum Gasteiger partial charge on any atom is 0.348 e. The van der Waals surface area contributed by atoms with Gasteiger partial charge in [0.2, 0.25) is 0 Å². The Morgan fingerprint density at radius 1 is 1.29 bits per heavy atom. The van der Waals surface area contributed by atoms with Crippen LogP contribution < -0.4 is 5.73 Å². The molecule has 0 aliphatic carbocycles. The zero-order valence-corrected chi connectivity index (χ0v) is 12.3. The van der Waals surface area contributed by atoms with Crippen LogP contribution in [-0.2, 0) is 22.6 Å². The van der Waals surface area contributed by atoms with Crippen molar-refractivity contribution in [2.24, 2.45) is 0 Å². The highest BCUT2D eigenvalue weighted by atomic mass is 32.1. The fourth-order valence-electron chi connectivity index (χ4n) is 1.84. The van der Waals surface area contributed by atoms with Crippen LogP contribution >= 0.6 is 11.3 Å². The highest BCUT2D eigenvalue weighted by Crippen LogP contribution is 2.24. The summed E-state index contributed by atoms with van der Waals surface area (Å²) in [5, 5.41) is 8.86. The first-order chi connectivity index (χ1) is 9.97. The fourth-order valence-corrected chi connectivity index (χ4v) is 2.68. The van der Waals surface area contributed by atoms with Crippen LogP contribution in [0, 0.1) is 6.92 Å². The van der Waals surface area contributed by atoms with E-state index in [1.807, 2.05) is 6.92 Å². The maximum absolute atomic E-state index is 11.9. The number of carboxylic acid groups (broad SMARTS) is 1. The quantitative estimate of drug-likeness (QED) is 0.829. The van der Waals surface area contributed by atoms with Gasteiger partial charge in [-0.05, 0) is 24.1 Å². The van der Waals surface area contributed by atoms with E-state index in [2.05, 4.69) is 0 Å². The third-order valence-corrected chi connectivity index (χ3v) is 4.02. The van der Waals surface area contributed by atoms with Gasteiger partial charge in [-0.15, -0.1) is 11.3 Å². The van der Waals surface area contributed by atoms with Crippen molar-refractivity contribution in [2.45, 2.75) is 20.0 Å². The molecule has 2 rings (SSSR count). The first kappa shape index (κ1) is 15.1. The first-order valence-corrected chi connectivity index (χ1v) is 7.10. The monoisotopic (exact) mass is 305 g/mol. The summed E-state index contributed by atoms with van der Waals surface area (Å²) in [7, 11) is 0. The molecule has 0 fully saturated rings. The van der Waals surface area contributed by atoms with E-state index in [1.54, 1.807) is 30.3 Å². The molecule has 0 spiro atoms. The molecular weight excluding hydrogens is 290 g/mol. The van der Waals surface area contributed by atoms with Gasteiger partial charge in [0.1, 0.15) is 11.5 Å². The van der Waals surface area contributed by atoms with E-state index in [0.29, 0.717) is 21.7 Å². The molecular formula is C15H15NO4S. The van der Waals surface area contributed by atoms with Crippen LogP contribution in [0.3, 0.4) is 0 Å². The number of esters is 1. The van der Waals surface area contributed by atoms with Crippen molar-refractivity contribution in [3.05, 3.63) is 51.2 Å². The van der Waals surface area contributed by atoms with E-state index >= 15 is 0 Å². The molecule has 3 N–H and O–H groups in total. The van der Waals surface area contributed by atoms with Crippen molar-refractivity contribution in [1.29, 1.82) is 0 Å². The van der Waals surface area contributed by atoms with Crippen molar-refractivity contribution in [3.8, 4) is 0 Å². The number of ether oxygens (including phenoxy) is 1. The number of aryl methyl sites for hydroxylation is 1. The van der Waals surface area contributed by atoms with E-state index in [1.165, 1.54) is 11.3 Å². The third-order valence-electron chi connectivity index (χ3n) is 2.98. The summed E-state index contributed by atoms with van der Waals surface area (Å²) < 4.78 is 5.23. The van der Waals surface area contributed by atoms with Crippen LogP contribution in [0.4, 0.5) is 5.69 Å². The standard InChI is InChI=1S/C15H15NO4S/c1-9-12(16)7-13(21-9)15(19)20-8-11-5-3-2-4-10(11)6-14(17)18/h2-5,7H,6,8,16H2,1H3,(H,17,18). The minimum Gasteiger partial charge on any atom is -0.481 e. The van der Waals surface area contributed by atoms with Gasteiger partial charge >= 0.3 is 11.9 Å². The molecule has 0 bridgehead atoms. The zero-order valence-electron chi connectivity index (χ0n) is 11.5. The van der Waals surface area contributed by atoms with Gasteiger partial charge in [0.05, 0.1) is 6.42 Å². The Hall–Kier alpha value is -2.34. The number of benzene rings is 1. The molecule has 21 heavy (non-hydrogen) atoms. The number of thiophene rings is 1. The summed E-state index contributed by atoms with van der Waals surface area (Å²) in [6, 6.07) is 8.59. The lowest BCUT2D eigenvalue weighted by Crippen LogP contribution is -2.07. The molecule has 0 atom stereocenters. The Bertz CT molecular complexity index is 659. The number of carbonyl (C=O) groups is 2. The van der Waals surface area contributed by atoms with Gasteiger partial charge < -0.3 is 15.6 Å². The number of hydrogen-bond acceptors (Lipinski definition) is 5. The molecule has 1 aromatic heterocycles. The van der Waals surface area contributed by atoms with Gasteiger partial charge in [0.25, 0.3) is 0 Å². The number of hydrogen-bond donors (Lipinski definition) is 2. The number of nitrogens with two attached hydrogens (primary N) is 1. The van der Waals surface area contributed by atoms with Crippen LogP contribution in [0.1, 0.15) is 25.7 Å². The van der Waals surface area contributed by atoms with Crippen molar-refractivity contribution in [1.82, 2.24) is 0 Å². The van der Waals surface area contributed by atoms with Crippen molar-refractivity contribution in [2.75, 3.05) is 5.73 Å². The Balaban J connectivity index is 2.06.